The molecule has 0 radical (unpaired) electrons. The molecule has 0 aromatic carbocycles. The van der Waals surface area contributed by atoms with E-state index >= 15 is 0 Å². The van der Waals surface area contributed by atoms with Crippen LogP contribution in [0.25, 0.3) is 0 Å². The normalized spacial score (nSPS) is 33.6. The number of hydrogen-bond donors (Lipinski definition) is 1. The predicted octanol–water partition coefficient (Wildman–Crippen LogP) is 1.63. The van der Waals surface area contributed by atoms with Crippen molar-refractivity contribution in [2.75, 3.05) is 33.4 Å². The van der Waals surface area contributed by atoms with Crippen molar-refractivity contribution < 1.29 is 4.74 Å². The first kappa shape index (κ1) is 12.3. The fraction of sp³-hybridized carbons (Fsp3) is 1.00. The Morgan fingerprint density at radius 2 is 2.06 bits per heavy atom. The second-order valence-electron chi connectivity index (χ2n) is 5.14. The molecule has 2 aliphatic rings. The van der Waals surface area contributed by atoms with Crippen LogP contribution in [0.1, 0.15) is 38.5 Å². The van der Waals surface area contributed by atoms with Crippen molar-refractivity contribution in [2.24, 2.45) is 0 Å². The highest BCUT2D eigenvalue weighted by Crippen LogP contribution is 2.24. The molecule has 2 atom stereocenters. The topological polar surface area (TPSA) is 24.5 Å². The highest BCUT2D eigenvalue weighted by atomic mass is 16.5. The first-order valence-electron chi connectivity index (χ1n) is 6.90. The number of hydrogen-bond acceptors (Lipinski definition) is 3. The number of likely N-dealkylation sites (N-methyl/N-ethyl adjacent to an activating group) is 1. The van der Waals surface area contributed by atoms with Crippen molar-refractivity contribution in [1.82, 2.24) is 10.2 Å². The van der Waals surface area contributed by atoms with Gasteiger partial charge in [-0.2, -0.15) is 0 Å². The molecular weight excluding hydrogens is 200 g/mol. The fourth-order valence-corrected chi connectivity index (χ4v) is 3.18. The number of likely N-dealkylation sites (tertiary alicyclic amines) is 1. The third kappa shape index (κ3) is 3.19. The molecule has 0 spiro atoms. The lowest BCUT2D eigenvalue weighted by Gasteiger charge is -2.41. The van der Waals surface area contributed by atoms with E-state index < -0.39 is 0 Å². The lowest BCUT2D eigenvalue weighted by molar-refractivity contribution is 0.0780. The molecule has 0 amide bonds. The molecule has 94 valence electrons. The summed E-state index contributed by atoms with van der Waals surface area (Å²) in [6, 6.07) is 1.54. The quantitative estimate of drug-likeness (QED) is 0.791. The van der Waals surface area contributed by atoms with Gasteiger partial charge in [-0.3, -0.25) is 4.90 Å². The predicted molar refractivity (Wildman–Crippen MR) is 66.7 cm³/mol. The third-order valence-electron chi connectivity index (χ3n) is 4.00. The van der Waals surface area contributed by atoms with Crippen molar-refractivity contribution in [3.63, 3.8) is 0 Å². The maximum Gasteiger partial charge on any atom is 0.0480 e. The van der Waals surface area contributed by atoms with Gasteiger partial charge in [-0.25, -0.2) is 0 Å². The molecule has 16 heavy (non-hydrogen) atoms. The van der Waals surface area contributed by atoms with Crippen LogP contribution in [0.5, 0.6) is 0 Å². The zero-order valence-electron chi connectivity index (χ0n) is 10.6. The van der Waals surface area contributed by atoms with Gasteiger partial charge in [-0.1, -0.05) is 6.42 Å². The van der Waals surface area contributed by atoms with Crippen LogP contribution in [0.4, 0.5) is 0 Å². The Morgan fingerprint density at radius 1 is 1.12 bits per heavy atom. The SMILES string of the molecule is CNCC1CCCCN1C1CCCOCC1. The Labute approximate surface area is 99.5 Å². The molecule has 2 fully saturated rings. The van der Waals surface area contributed by atoms with Gasteiger partial charge in [0, 0.05) is 31.8 Å². The Bertz CT molecular complexity index is 188. The summed E-state index contributed by atoms with van der Waals surface area (Å²) in [7, 11) is 2.07. The molecule has 3 nitrogen and oxygen atoms in total. The van der Waals surface area contributed by atoms with Gasteiger partial charge in [0.2, 0.25) is 0 Å². The van der Waals surface area contributed by atoms with Gasteiger partial charge < -0.3 is 10.1 Å². The van der Waals surface area contributed by atoms with Gasteiger partial charge in [-0.05, 0) is 45.7 Å². The van der Waals surface area contributed by atoms with Crippen molar-refractivity contribution in [3.8, 4) is 0 Å². The van der Waals surface area contributed by atoms with E-state index in [1.807, 2.05) is 0 Å². The minimum atomic E-state index is 0.766. The summed E-state index contributed by atoms with van der Waals surface area (Å²) in [4.78, 5) is 2.76. The minimum absolute atomic E-state index is 0.766. The van der Waals surface area contributed by atoms with Crippen molar-refractivity contribution in [3.05, 3.63) is 0 Å². The van der Waals surface area contributed by atoms with Crippen molar-refractivity contribution in [1.29, 1.82) is 0 Å². The van der Waals surface area contributed by atoms with E-state index in [-0.39, 0.29) is 0 Å². The number of ether oxygens (including phenoxy) is 1. The average molecular weight is 226 g/mol. The summed E-state index contributed by atoms with van der Waals surface area (Å²) in [6.45, 7) is 4.39. The van der Waals surface area contributed by atoms with Gasteiger partial charge >= 0.3 is 0 Å². The zero-order valence-corrected chi connectivity index (χ0v) is 10.6. The molecule has 1 N–H and O–H groups in total. The maximum atomic E-state index is 5.57. The van der Waals surface area contributed by atoms with E-state index in [4.69, 9.17) is 4.74 Å². The van der Waals surface area contributed by atoms with Crippen molar-refractivity contribution in [2.45, 2.75) is 50.6 Å². The molecule has 0 aromatic rings. The lowest BCUT2D eigenvalue weighted by atomic mass is 9.96. The van der Waals surface area contributed by atoms with Gasteiger partial charge in [0.1, 0.15) is 0 Å². The average Bonchev–Trinajstić information content (AvgIpc) is 2.59. The first-order chi connectivity index (χ1) is 7.92. The van der Waals surface area contributed by atoms with Gasteiger partial charge in [0.25, 0.3) is 0 Å². The van der Waals surface area contributed by atoms with E-state index in [9.17, 15) is 0 Å². The van der Waals surface area contributed by atoms with Crippen LogP contribution in [0, 0.1) is 0 Å². The standard InChI is InChI=1S/C13H26N2O/c1-14-11-13-5-2-3-8-15(13)12-6-4-9-16-10-7-12/h12-14H,2-11H2,1H3. The molecule has 2 rings (SSSR count). The highest BCUT2D eigenvalue weighted by Gasteiger charge is 2.28. The largest absolute Gasteiger partial charge is 0.381 e. The second-order valence-corrected chi connectivity index (χ2v) is 5.14. The summed E-state index contributed by atoms with van der Waals surface area (Å²) in [6.07, 6.45) is 7.98. The fourth-order valence-electron chi connectivity index (χ4n) is 3.18. The molecule has 2 heterocycles. The molecule has 2 unspecified atom stereocenters. The summed E-state index contributed by atoms with van der Waals surface area (Å²) >= 11 is 0. The van der Waals surface area contributed by atoms with Gasteiger partial charge in [0.05, 0.1) is 0 Å². The number of rotatable bonds is 3. The summed E-state index contributed by atoms with van der Waals surface area (Å²) in [5.74, 6) is 0. The monoisotopic (exact) mass is 226 g/mol. The molecule has 2 aliphatic heterocycles. The van der Waals surface area contributed by atoms with E-state index in [0.717, 1.165) is 31.8 Å². The van der Waals surface area contributed by atoms with E-state index in [1.165, 1.54) is 45.1 Å². The van der Waals surface area contributed by atoms with Crippen LogP contribution in [0.2, 0.25) is 0 Å². The number of nitrogens with zero attached hydrogens (tertiary/aromatic N) is 1. The first-order valence-corrected chi connectivity index (χ1v) is 6.90. The lowest BCUT2D eigenvalue weighted by Crippen LogP contribution is -2.50. The Balaban J connectivity index is 1.92. The molecule has 2 saturated heterocycles. The molecule has 0 bridgehead atoms. The third-order valence-corrected chi connectivity index (χ3v) is 4.00. The molecule has 0 aromatic heterocycles. The molecule has 0 saturated carbocycles. The van der Waals surface area contributed by atoms with Crippen LogP contribution in [0.15, 0.2) is 0 Å². The summed E-state index contributed by atoms with van der Waals surface area (Å²) in [5.41, 5.74) is 0. The van der Waals surface area contributed by atoms with Crippen LogP contribution in [-0.2, 0) is 4.74 Å². The highest BCUT2D eigenvalue weighted by molar-refractivity contribution is 4.84. The van der Waals surface area contributed by atoms with Crippen LogP contribution >= 0.6 is 0 Å². The zero-order chi connectivity index (χ0) is 11.2. The second kappa shape index (κ2) is 6.58. The Morgan fingerprint density at radius 3 is 2.94 bits per heavy atom. The van der Waals surface area contributed by atoms with E-state index in [0.29, 0.717) is 0 Å². The maximum absolute atomic E-state index is 5.57. The molecule has 0 aliphatic carbocycles. The number of nitrogens with one attached hydrogen (secondary N) is 1. The van der Waals surface area contributed by atoms with Crippen LogP contribution < -0.4 is 5.32 Å². The van der Waals surface area contributed by atoms with E-state index in [1.54, 1.807) is 0 Å². The summed E-state index contributed by atoms with van der Waals surface area (Å²) in [5, 5.41) is 3.35. The summed E-state index contributed by atoms with van der Waals surface area (Å²) < 4.78 is 5.57. The smallest absolute Gasteiger partial charge is 0.0480 e. The minimum Gasteiger partial charge on any atom is -0.381 e. The van der Waals surface area contributed by atoms with Gasteiger partial charge in [-0.15, -0.1) is 0 Å². The molecular formula is C13H26N2O. The Kier molecular flexibility index (Phi) is 5.07. The van der Waals surface area contributed by atoms with E-state index in [2.05, 4.69) is 17.3 Å². The van der Waals surface area contributed by atoms with Gasteiger partial charge in [0.15, 0.2) is 0 Å². The van der Waals surface area contributed by atoms with Crippen molar-refractivity contribution >= 4 is 0 Å². The van der Waals surface area contributed by atoms with Crippen LogP contribution in [0.3, 0.4) is 0 Å². The Hall–Kier alpha value is -0.120. The number of piperidine rings is 1. The molecule has 3 heteroatoms. The van der Waals surface area contributed by atoms with Crippen LogP contribution in [-0.4, -0.2) is 50.3 Å².